The number of para-hydroxylation sites is 1. The SMILES string of the molecule is C=C/C=C(\C(C)=C1/Cc2ccccc2-c2ccccc21)N(c1ccccc1)C1C=C=C(C2=C=C=C(N(c3ccc(-c4ccccc4)cc3)c3ccc(-c4ccccc4)cc3)C=C2)C=C1. The summed E-state index contributed by atoms with van der Waals surface area (Å²) in [4.78, 5) is 4.64. The Bertz CT molecular complexity index is 3090. The molecular weight excluding hydrogens is 773 g/mol. The Kier molecular flexibility index (Phi) is 11.2. The normalized spacial score (nSPS) is 15.6. The molecule has 10 rings (SSSR count). The highest BCUT2D eigenvalue weighted by Gasteiger charge is 2.27. The second kappa shape index (κ2) is 17.9. The number of hydrogen-bond donors (Lipinski definition) is 0. The highest BCUT2D eigenvalue weighted by molar-refractivity contribution is 5.91. The minimum Gasteiger partial charge on any atom is -0.330 e. The Morgan fingerprint density at radius 3 is 1.64 bits per heavy atom. The number of allylic oxidation sites excluding steroid dienone is 8. The molecule has 1 unspecified atom stereocenters. The van der Waals surface area contributed by atoms with Gasteiger partial charge in [0.05, 0.1) is 11.7 Å². The summed E-state index contributed by atoms with van der Waals surface area (Å²) in [6.45, 7) is 6.44. The Balaban J connectivity index is 1.01. The number of benzene rings is 7. The molecule has 0 spiro atoms. The summed E-state index contributed by atoms with van der Waals surface area (Å²) in [6.07, 6.45) is 15.8. The van der Waals surface area contributed by atoms with Crippen LogP contribution < -0.4 is 9.80 Å². The van der Waals surface area contributed by atoms with E-state index < -0.39 is 0 Å². The highest BCUT2D eigenvalue weighted by atomic mass is 15.2. The second-order valence-corrected chi connectivity index (χ2v) is 16.1. The van der Waals surface area contributed by atoms with Gasteiger partial charge in [0.25, 0.3) is 0 Å². The molecule has 0 heterocycles. The molecule has 3 aliphatic rings. The van der Waals surface area contributed by atoms with Crippen LogP contribution >= 0.6 is 0 Å². The zero-order chi connectivity index (χ0) is 43.2. The largest absolute Gasteiger partial charge is 0.330 e. The fourth-order valence-electron chi connectivity index (χ4n) is 9.01. The minimum atomic E-state index is -0.101. The van der Waals surface area contributed by atoms with Crippen molar-refractivity contribution in [2.75, 3.05) is 9.80 Å². The Hall–Kier alpha value is -8.34. The summed E-state index contributed by atoms with van der Waals surface area (Å²) in [6, 6.07) is 66.6. The fourth-order valence-corrected chi connectivity index (χ4v) is 9.01. The Morgan fingerprint density at radius 2 is 1.08 bits per heavy atom. The Labute approximate surface area is 377 Å². The second-order valence-electron chi connectivity index (χ2n) is 16.1. The van der Waals surface area contributed by atoms with E-state index in [1.807, 2.05) is 6.08 Å². The lowest BCUT2D eigenvalue weighted by atomic mass is 9.80. The number of rotatable bonds is 11. The lowest BCUT2D eigenvalue weighted by molar-refractivity contribution is 0.886. The van der Waals surface area contributed by atoms with Crippen molar-refractivity contribution in [1.29, 1.82) is 0 Å². The zero-order valence-corrected chi connectivity index (χ0v) is 35.8. The van der Waals surface area contributed by atoms with E-state index >= 15 is 0 Å². The summed E-state index contributed by atoms with van der Waals surface area (Å²) in [5.41, 5.74) is 30.2. The van der Waals surface area contributed by atoms with Gasteiger partial charge < -0.3 is 9.80 Å². The standard InChI is InChI=1S/C62H46N2/c1-3-17-62(45(2)61-44-52-22-13-14-25-58(52)59-26-15-16-27-60(59)61)64(53-23-11-6-12-24-53)57-42-34-51(35-43-57)50-32-40-56(41-33-50)63(54-36-28-48(29-37-54)46-18-7-4-8-19-46)55-38-30-49(31-39-55)47-20-9-5-10-21-47/h3-32,34,36-40,42-43,57H,1,44H2,2H3/b61-45+,62-17+. The molecule has 0 radical (unpaired) electrons. The molecule has 7 aromatic carbocycles. The summed E-state index contributed by atoms with van der Waals surface area (Å²) in [5, 5.41) is 0. The first kappa shape index (κ1) is 39.8. The van der Waals surface area contributed by atoms with E-state index in [0.29, 0.717) is 0 Å². The average Bonchev–Trinajstić information content (AvgIpc) is 3.37. The maximum absolute atomic E-state index is 4.19. The zero-order valence-electron chi connectivity index (χ0n) is 35.8. The van der Waals surface area contributed by atoms with Crippen LogP contribution in [-0.4, -0.2) is 6.04 Å². The number of fused-ring (bicyclic) bond motifs is 3. The van der Waals surface area contributed by atoms with Gasteiger partial charge in [-0.1, -0.05) is 176 Å². The number of anilines is 3. The van der Waals surface area contributed by atoms with Gasteiger partial charge in [0.2, 0.25) is 0 Å². The fraction of sp³-hybridized carbons (Fsp3) is 0.0484. The van der Waals surface area contributed by atoms with Crippen LogP contribution in [0.15, 0.2) is 282 Å². The van der Waals surface area contributed by atoms with Crippen LogP contribution in [0.4, 0.5) is 17.1 Å². The molecule has 0 amide bonds. The van der Waals surface area contributed by atoms with Gasteiger partial charge in [-0.05, 0) is 142 Å². The topological polar surface area (TPSA) is 6.48 Å². The molecule has 0 aromatic heterocycles. The van der Waals surface area contributed by atoms with Crippen LogP contribution in [0.1, 0.15) is 18.1 Å². The van der Waals surface area contributed by atoms with E-state index in [-0.39, 0.29) is 6.04 Å². The van der Waals surface area contributed by atoms with Gasteiger partial charge in [-0.15, -0.1) is 5.73 Å². The predicted molar refractivity (Wildman–Crippen MR) is 269 cm³/mol. The first-order valence-electron chi connectivity index (χ1n) is 21.9. The third-order valence-electron chi connectivity index (χ3n) is 12.2. The summed E-state index contributed by atoms with van der Waals surface area (Å²) in [5.74, 6) is 0. The molecule has 0 bridgehead atoms. The maximum Gasteiger partial charge on any atom is 0.0973 e. The van der Waals surface area contributed by atoms with E-state index in [9.17, 15) is 0 Å². The summed E-state index contributed by atoms with van der Waals surface area (Å²) < 4.78 is 0. The predicted octanol–water partition coefficient (Wildman–Crippen LogP) is 15.6. The third kappa shape index (κ3) is 7.97. The molecular formula is C62H46N2. The van der Waals surface area contributed by atoms with Crippen LogP contribution in [0, 0.1) is 0 Å². The van der Waals surface area contributed by atoms with E-state index in [2.05, 4.69) is 265 Å². The average molecular weight is 819 g/mol. The van der Waals surface area contributed by atoms with Gasteiger partial charge in [-0.25, -0.2) is 0 Å². The maximum atomic E-state index is 4.19. The molecule has 0 saturated heterocycles. The summed E-state index contributed by atoms with van der Waals surface area (Å²) in [7, 11) is 0. The van der Waals surface area contributed by atoms with Crippen molar-refractivity contribution in [3.05, 3.63) is 294 Å². The molecule has 3 aliphatic carbocycles. The first-order valence-corrected chi connectivity index (χ1v) is 21.9. The van der Waals surface area contributed by atoms with Crippen LogP contribution in [0.2, 0.25) is 0 Å². The number of hydrogen-bond acceptors (Lipinski definition) is 2. The van der Waals surface area contributed by atoms with Crippen molar-refractivity contribution < 1.29 is 0 Å². The molecule has 0 N–H and O–H groups in total. The number of nitrogens with zero attached hydrogens (tertiary/aromatic N) is 2. The van der Waals surface area contributed by atoms with Gasteiger partial charge in [0.1, 0.15) is 0 Å². The van der Waals surface area contributed by atoms with Gasteiger partial charge in [0.15, 0.2) is 0 Å². The summed E-state index contributed by atoms with van der Waals surface area (Å²) >= 11 is 0. The van der Waals surface area contributed by atoms with Crippen molar-refractivity contribution in [3.63, 3.8) is 0 Å². The van der Waals surface area contributed by atoms with Crippen molar-refractivity contribution in [3.8, 4) is 33.4 Å². The van der Waals surface area contributed by atoms with Crippen molar-refractivity contribution in [1.82, 2.24) is 0 Å². The van der Waals surface area contributed by atoms with Crippen LogP contribution in [-0.2, 0) is 6.42 Å². The smallest absolute Gasteiger partial charge is 0.0973 e. The van der Waals surface area contributed by atoms with E-state index in [1.54, 1.807) is 0 Å². The molecule has 64 heavy (non-hydrogen) atoms. The van der Waals surface area contributed by atoms with Crippen LogP contribution in [0.3, 0.4) is 0 Å². The minimum absolute atomic E-state index is 0.101. The van der Waals surface area contributed by atoms with Gasteiger partial charge >= 0.3 is 0 Å². The quantitative estimate of drug-likeness (QED) is 0.0948. The lowest BCUT2D eigenvalue weighted by Gasteiger charge is -2.35. The molecule has 304 valence electrons. The Morgan fingerprint density at radius 1 is 0.531 bits per heavy atom. The molecule has 2 heteroatoms. The van der Waals surface area contributed by atoms with Crippen LogP contribution in [0.25, 0.3) is 39.0 Å². The highest BCUT2D eigenvalue weighted by Crippen LogP contribution is 2.43. The van der Waals surface area contributed by atoms with E-state index in [4.69, 9.17) is 0 Å². The lowest BCUT2D eigenvalue weighted by Crippen LogP contribution is -2.33. The molecule has 7 aromatic rings. The molecule has 1 atom stereocenters. The van der Waals surface area contributed by atoms with Crippen molar-refractivity contribution in [2.24, 2.45) is 0 Å². The first-order chi connectivity index (χ1) is 31.6. The van der Waals surface area contributed by atoms with Gasteiger partial charge in [0, 0.05) is 33.9 Å². The third-order valence-corrected chi connectivity index (χ3v) is 12.2. The van der Waals surface area contributed by atoms with Crippen molar-refractivity contribution >= 4 is 22.6 Å². The van der Waals surface area contributed by atoms with Gasteiger partial charge in [-0.2, -0.15) is 0 Å². The van der Waals surface area contributed by atoms with Crippen molar-refractivity contribution in [2.45, 2.75) is 19.4 Å². The molecule has 0 saturated carbocycles. The monoisotopic (exact) mass is 818 g/mol. The molecule has 2 nitrogen and oxygen atoms in total. The van der Waals surface area contributed by atoms with E-state index in [1.165, 1.54) is 55.7 Å². The van der Waals surface area contributed by atoms with E-state index in [0.717, 1.165) is 46.0 Å². The molecule has 0 fully saturated rings. The van der Waals surface area contributed by atoms with Crippen LogP contribution in [0.5, 0.6) is 0 Å². The molecule has 0 aliphatic heterocycles. The van der Waals surface area contributed by atoms with Gasteiger partial charge in [-0.3, -0.25) is 0 Å².